The standard InChI is InChI=1S/C21H23F2NO4/c1-14(15-8-11-17(26-3)12-9-15)24(2)19(25)13-10-16-6-5-7-18(27-4)20(16)28-21(22)23/h5-14,21H,1-4H3/b13-10+. The van der Waals surface area contributed by atoms with E-state index in [-0.39, 0.29) is 23.4 Å². The lowest BCUT2D eigenvalue weighted by atomic mass is 10.1. The number of likely N-dealkylation sites (N-methyl/N-ethyl adjacent to an activating group) is 1. The molecule has 1 unspecified atom stereocenters. The van der Waals surface area contributed by atoms with Crippen LogP contribution in [-0.4, -0.2) is 38.7 Å². The number of methoxy groups -OCH3 is 2. The Morgan fingerprint density at radius 1 is 1.07 bits per heavy atom. The van der Waals surface area contributed by atoms with E-state index in [1.165, 1.54) is 25.3 Å². The van der Waals surface area contributed by atoms with Gasteiger partial charge in [0.2, 0.25) is 5.91 Å². The van der Waals surface area contributed by atoms with Crippen LogP contribution in [0.5, 0.6) is 17.2 Å². The Morgan fingerprint density at radius 2 is 1.75 bits per heavy atom. The maximum Gasteiger partial charge on any atom is 0.387 e. The third-order valence-electron chi connectivity index (χ3n) is 4.37. The molecule has 2 aromatic carbocycles. The number of amides is 1. The molecule has 7 heteroatoms. The van der Waals surface area contributed by atoms with Gasteiger partial charge in [0.15, 0.2) is 11.5 Å². The zero-order valence-corrected chi connectivity index (χ0v) is 16.2. The van der Waals surface area contributed by atoms with Gasteiger partial charge in [-0.3, -0.25) is 4.79 Å². The Balaban J connectivity index is 2.17. The van der Waals surface area contributed by atoms with E-state index in [1.54, 1.807) is 31.2 Å². The summed E-state index contributed by atoms with van der Waals surface area (Å²) in [5.74, 6) is 0.494. The van der Waals surface area contributed by atoms with Crippen molar-refractivity contribution in [3.8, 4) is 17.2 Å². The third-order valence-corrected chi connectivity index (χ3v) is 4.37. The lowest BCUT2D eigenvalue weighted by Gasteiger charge is -2.24. The van der Waals surface area contributed by atoms with Crippen molar-refractivity contribution in [1.29, 1.82) is 0 Å². The van der Waals surface area contributed by atoms with Crippen LogP contribution in [-0.2, 0) is 4.79 Å². The van der Waals surface area contributed by atoms with Crippen LogP contribution in [0.3, 0.4) is 0 Å². The molecule has 0 spiro atoms. The molecule has 1 amide bonds. The molecule has 2 aromatic rings. The zero-order chi connectivity index (χ0) is 20.7. The molecule has 0 aliphatic heterocycles. The average Bonchev–Trinajstić information content (AvgIpc) is 2.71. The molecule has 150 valence electrons. The second-order valence-corrected chi connectivity index (χ2v) is 5.99. The van der Waals surface area contributed by atoms with Crippen LogP contribution >= 0.6 is 0 Å². The fourth-order valence-electron chi connectivity index (χ4n) is 2.62. The monoisotopic (exact) mass is 391 g/mol. The number of benzene rings is 2. The predicted molar refractivity (Wildman–Crippen MR) is 103 cm³/mol. The van der Waals surface area contributed by atoms with Gasteiger partial charge in [0.25, 0.3) is 0 Å². The number of carbonyl (C=O) groups is 1. The summed E-state index contributed by atoms with van der Waals surface area (Å²) in [5, 5.41) is 0. The molecule has 2 rings (SSSR count). The maximum atomic E-state index is 12.7. The van der Waals surface area contributed by atoms with Crippen molar-refractivity contribution >= 4 is 12.0 Å². The Hall–Kier alpha value is -3.09. The molecule has 1 atom stereocenters. The summed E-state index contributed by atoms with van der Waals surface area (Å²) in [7, 11) is 4.61. The van der Waals surface area contributed by atoms with E-state index >= 15 is 0 Å². The molecule has 0 saturated carbocycles. The normalized spacial score (nSPS) is 12.1. The van der Waals surface area contributed by atoms with Crippen LogP contribution in [0.25, 0.3) is 6.08 Å². The SMILES string of the molecule is COc1ccc(C(C)N(C)C(=O)/C=C/c2cccc(OC)c2OC(F)F)cc1. The van der Waals surface area contributed by atoms with E-state index in [1.807, 2.05) is 31.2 Å². The summed E-state index contributed by atoms with van der Waals surface area (Å²) >= 11 is 0. The predicted octanol–water partition coefficient (Wildman–Crippen LogP) is 4.54. The molecule has 0 heterocycles. The quantitative estimate of drug-likeness (QED) is 0.620. The van der Waals surface area contributed by atoms with Gasteiger partial charge in [0, 0.05) is 18.7 Å². The van der Waals surface area contributed by atoms with Crippen LogP contribution in [0.1, 0.15) is 24.1 Å². The second kappa shape index (κ2) is 9.73. The van der Waals surface area contributed by atoms with Gasteiger partial charge in [0.05, 0.1) is 20.3 Å². The van der Waals surface area contributed by atoms with E-state index in [0.29, 0.717) is 5.56 Å². The number of nitrogens with zero attached hydrogens (tertiary/aromatic N) is 1. The summed E-state index contributed by atoms with van der Waals surface area (Å²) < 4.78 is 40.2. The smallest absolute Gasteiger partial charge is 0.387 e. The van der Waals surface area contributed by atoms with Crippen LogP contribution in [0, 0.1) is 0 Å². The molecule has 0 saturated heterocycles. The van der Waals surface area contributed by atoms with Crippen LogP contribution < -0.4 is 14.2 Å². The number of hydrogen-bond donors (Lipinski definition) is 0. The lowest BCUT2D eigenvalue weighted by molar-refractivity contribution is -0.126. The van der Waals surface area contributed by atoms with Gasteiger partial charge in [-0.15, -0.1) is 0 Å². The molecule has 0 aliphatic carbocycles. The summed E-state index contributed by atoms with van der Waals surface area (Å²) in [6, 6.07) is 11.9. The third kappa shape index (κ3) is 5.22. The van der Waals surface area contributed by atoms with E-state index < -0.39 is 6.61 Å². The van der Waals surface area contributed by atoms with Crippen molar-refractivity contribution in [3.05, 3.63) is 59.7 Å². The Bertz CT molecular complexity index is 822. The molecule has 28 heavy (non-hydrogen) atoms. The van der Waals surface area contributed by atoms with Gasteiger partial charge >= 0.3 is 6.61 Å². The molecule has 0 aliphatic rings. The molecule has 5 nitrogen and oxygen atoms in total. The fraction of sp³-hybridized carbons (Fsp3) is 0.286. The van der Waals surface area contributed by atoms with E-state index in [2.05, 4.69) is 4.74 Å². The number of alkyl halides is 2. The van der Waals surface area contributed by atoms with E-state index in [0.717, 1.165) is 11.3 Å². The summed E-state index contributed by atoms with van der Waals surface area (Å²) in [6.07, 6.45) is 2.74. The number of halogens is 2. The van der Waals surface area contributed by atoms with Crippen molar-refractivity contribution in [2.75, 3.05) is 21.3 Å². The molecular formula is C21H23F2NO4. The number of rotatable bonds is 8. The van der Waals surface area contributed by atoms with Gasteiger partial charge in [-0.25, -0.2) is 0 Å². The van der Waals surface area contributed by atoms with Crippen molar-refractivity contribution in [2.45, 2.75) is 19.6 Å². The van der Waals surface area contributed by atoms with Crippen LogP contribution in [0.15, 0.2) is 48.5 Å². The van der Waals surface area contributed by atoms with Crippen molar-refractivity contribution in [1.82, 2.24) is 4.90 Å². The first-order chi connectivity index (χ1) is 13.4. The first-order valence-electron chi connectivity index (χ1n) is 8.58. The van der Waals surface area contributed by atoms with Crippen molar-refractivity contribution in [2.24, 2.45) is 0 Å². The average molecular weight is 391 g/mol. The zero-order valence-electron chi connectivity index (χ0n) is 16.2. The minimum absolute atomic E-state index is 0.116. The highest BCUT2D eigenvalue weighted by Crippen LogP contribution is 2.33. The first-order valence-corrected chi connectivity index (χ1v) is 8.58. The summed E-state index contributed by atoms with van der Waals surface area (Å²) in [5.41, 5.74) is 1.26. The Labute approximate surface area is 163 Å². The van der Waals surface area contributed by atoms with Crippen molar-refractivity contribution < 1.29 is 27.8 Å². The van der Waals surface area contributed by atoms with Gasteiger partial charge in [0.1, 0.15) is 5.75 Å². The highest BCUT2D eigenvalue weighted by molar-refractivity contribution is 5.92. The highest BCUT2D eigenvalue weighted by Gasteiger charge is 2.17. The van der Waals surface area contributed by atoms with Gasteiger partial charge in [-0.05, 0) is 36.8 Å². The summed E-state index contributed by atoms with van der Waals surface area (Å²) in [4.78, 5) is 14.1. The number of ether oxygens (including phenoxy) is 3. The Morgan fingerprint density at radius 3 is 2.32 bits per heavy atom. The Kier molecular flexibility index (Phi) is 7.37. The molecule has 0 radical (unpaired) electrons. The number of para-hydroxylation sites is 1. The number of carbonyl (C=O) groups excluding carboxylic acids is 1. The fourth-order valence-corrected chi connectivity index (χ4v) is 2.62. The highest BCUT2D eigenvalue weighted by atomic mass is 19.3. The molecule has 0 aromatic heterocycles. The molecule has 0 fully saturated rings. The second-order valence-electron chi connectivity index (χ2n) is 5.99. The topological polar surface area (TPSA) is 48.0 Å². The van der Waals surface area contributed by atoms with Crippen molar-refractivity contribution in [3.63, 3.8) is 0 Å². The molecule has 0 N–H and O–H groups in total. The van der Waals surface area contributed by atoms with Gasteiger partial charge in [-0.2, -0.15) is 8.78 Å². The van der Waals surface area contributed by atoms with E-state index in [4.69, 9.17) is 9.47 Å². The molecule has 0 bridgehead atoms. The lowest BCUT2D eigenvalue weighted by Crippen LogP contribution is -2.27. The largest absolute Gasteiger partial charge is 0.497 e. The van der Waals surface area contributed by atoms with Gasteiger partial charge < -0.3 is 19.1 Å². The minimum Gasteiger partial charge on any atom is -0.497 e. The van der Waals surface area contributed by atoms with E-state index in [9.17, 15) is 13.6 Å². The number of hydrogen-bond acceptors (Lipinski definition) is 4. The molecular weight excluding hydrogens is 368 g/mol. The summed E-state index contributed by atoms with van der Waals surface area (Å²) in [6.45, 7) is -1.11. The minimum atomic E-state index is -3.00. The van der Waals surface area contributed by atoms with Gasteiger partial charge in [-0.1, -0.05) is 24.3 Å². The first kappa shape index (κ1) is 21.2. The van der Waals surface area contributed by atoms with Crippen LogP contribution in [0.2, 0.25) is 0 Å². The maximum absolute atomic E-state index is 12.7. The van der Waals surface area contributed by atoms with Crippen LogP contribution in [0.4, 0.5) is 8.78 Å².